The quantitative estimate of drug-likeness (QED) is 0.612. The highest BCUT2D eigenvalue weighted by Gasteiger charge is 2.14. The molecule has 1 aromatic carbocycles. The van der Waals surface area contributed by atoms with Crippen LogP contribution in [-0.4, -0.2) is 17.0 Å². The lowest BCUT2D eigenvalue weighted by Gasteiger charge is -2.07. The maximum absolute atomic E-state index is 12.4. The minimum Gasteiger partial charge on any atom is -0.493 e. The van der Waals surface area contributed by atoms with E-state index in [4.69, 9.17) is 4.74 Å². The first-order valence-corrected chi connectivity index (χ1v) is 8.35. The molecule has 108 valence electrons. The van der Waals surface area contributed by atoms with Crippen molar-refractivity contribution in [2.24, 2.45) is 0 Å². The van der Waals surface area contributed by atoms with Crippen molar-refractivity contribution >= 4 is 44.0 Å². The predicted molar refractivity (Wildman–Crippen MR) is 89.5 cm³/mol. The van der Waals surface area contributed by atoms with E-state index in [9.17, 15) is 4.79 Å². The van der Waals surface area contributed by atoms with Crippen LogP contribution in [-0.2, 0) is 6.54 Å². The topological polar surface area (TPSA) is 31.2 Å². The van der Waals surface area contributed by atoms with Gasteiger partial charge in [0.05, 0.1) is 23.5 Å². The first-order valence-electron chi connectivity index (χ1n) is 6.67. The average Bonchev–Trinajstić information content (AvgIpc) is 3.07. The van der Waals surface area contributed by atoms with Crippen molar-refractivity contribution in [3.8, 4) is 5.75 Å². The van der Waals surface area contributed by atoms with Crippen molar-refractivity contribution < 1.29 is 9.53 Å². The largest absolute Gasteiger partial charge is 0.493 e. The molecule has 0 fully saturated rings. The molecule has 3 rings (SSSR count). The van der Waals surface area contributed by atoms with E-state index in [0.717, 1.165) is 26.0 Å². The second kappa shape index (κ2) is 6.03. The number of Topliss-reactive ketones (excluding diaryl/α,β-unsaturated/α-hetero) is 1. The third-order valence-electron chi connectivity index (χ3n) is 3.26. The highest BCUT2D eigenvalue weighted by molar-refractivity contribution is 9.10. The molecule has 0 aliphatic heterocycles. The molecule has 3 aromatic rings. The number of ketones is 1. The van der Waals surface area contributed by atoms with Crippen LogP contribution in [0.3, 0.4) is 0 Å². The normalized spacial score (nSPS) is 11.0. The van der Waals surface area contributed by atoms with Gasteiger partial charge in [-0.2, -0.15) is 0 Å². The summed E-state index contributed by atoms with van der Waals surface area (Å²) in [6.45, 7) is 2.93. The zero-order valence-electron chi connectivity index (χ0n) is 11.5. The Hall–Kier alpha value is -1.59. The molecule has 0 amide bonds. The number of nitrogens with zero attached hydrogens (tertiary/aromatic N) is 1. The van der Waals surface area contributed by atoms with Gasteiger partial charge in [-0.25, -0.2) is 0 Å². The molecule has 0 bridgehead atoms. The Kier molecular flexibility index (Phi) is 4.12. The molecule has 0 aliphatic rings. The summed E-state index contributed by atoms with van der Waals surface area (Å²) in [4.78, 5) is 13.1. The number of carbonyl (C=O) groups is 1. The van der Waals surface area contributed by atoms with Crippen LogP contribution in [0, 0.1) is 0 Å². The molecular weight excluding hydrogens is 350 g/mol. The molecule has 2 heterocycles. The van der Waals surface area contributed by atoms with Crippen molar-refractivity contribution in [3.05, 3.63) is 51.3 Å². The fourth-order valence-corrected chi connectivity index (χ4v) is 3.86. The van der Waals surface area contributed by atoms with E-state index in [1.807, 2.05) is 53.4 Å². The number of aromatic nitrogens is 1. The molecule has 0 N–H and O–H groups in total. The van der Waals surface area contributed by atoms with Gasteiger partial charge < -0.3 is 9.30 Å². The van der Waals surface area contributed by atoms with E-state index in [1.165, 1.54) is 11.3 Å². The van der Waals surface area contributed by atoms with Crippen LogP contribution in [0.2, 0.25) is 0 Å². The van der Waals surface area contributed by atoms with Gasteiger partial charge in [0, 0.05) is 16.1 Å². The standard InChI is InChI=1S/C16H14BrNO2S/c1-2-20-15-5-3-4-13-11(15)6-8-18(13)10-14(19)16-12(17)7-9-21-16/h3-9H,2,10H2,1H3. The number of carbonyl (C=O) groups excluding carboxylic acids is 1. The Bertz CT molecular complexity index is 791. The third-order valence-corrected chi connectivity index (χ3v) is 5.14. The summed E-state index contributed by atoms with van der Waals surface area (Å²) in [7, 11) is 0. The zero-order valence-corrected chi connectivity index (χ0v) is 13.9. The van der Waals surface area contributed by atoms with Crippen LogP contribution in [0.1, 0.15) is 16.6 Å². The Morgan fingerprint density at radius 2 is 2.19 bits per heavy atom. The summed E-state index contributed by atoms with van der Waals surface area (Å²) < 4.78 is 8.45. The molecule has 2 aromatic heterocycles. The Morgan fingerprint density at radius 1 is 1.33 bits per heavy atom. The summed E-state index contributed by atoms with van der Waals surface area (Å²) in [5.74, 6) is 0.967. The van der Waals surface area contributed by atoms with Crippen molar-refractivity contribution in [1.82, 2.24) is 4.57 Å². The smallest absolute Gasteiger partial charge is 0.193 e. The molecule has 3 nitrogen and oxygen atoms in total. The number of fused-ring (bicyclic) bond motifs is 1. The number of rotatable bonds is 5. The van der Waals surface area contributed by atoms with Crippen molar-refractivity contribution in [1.29, 1.82) is 0 Å². The molecule has 0 unspecified atom stereocenters. The van der Waals surface area contributed by atoms with Gasteiger partial charge in [-0.05, 0) is 52.5 Å². The van der Waals surface area contributed by atoms with Gasteiger partial charge in [0.2, 0.25) is 0 Å². The molecule has 0 aliphatic carbocycles. The van der Waals surface area contributed by atoms with Crippen LogP contribution in [0.15, 0.2) is 46.4 Å². The fourth-order valence-electron chi connectivity index (χ4n) is 2.33. The summed E-state index contributed by atoms with van der Waals surface area (Å²) >= 11 is 4.87. The zero-order chi connectivity index (χ0) is 14.8. The second-order valence-electron chi connectivity index (χ2n) is 4.59. The number of thiophene rings is 1. The van der Waals surface area contributed by atoms with Gasteiger partial charge in [0.15, 0.2) is 5.78 Å². The second-order valence-corrected chi connectivity index (χ2v) is 6.36. The Balaban J connectivity index is 1.93. The Labute approximate surface area is 135 Å². The van der Waals surface area contributed by atoms with Gasteiger partial charge >= 0.3 is 0 Å². The Morgan fingerprint density at radius 3 is 2.90 bits per heavy atom. The number of hydrogen-bond donors (Lipinski definition) is 0. The monoisotopic (exact) mass is 363 g/mol. The van der Waals surface area contributed by atoms with Gasteiger partial charge in [0.25, 0.3) is 0 Å². The molecule has 5 heteroatoms. The lowest BCUT2D eigenvalue weighted by molar-refractivity contribution is 0.0977. The highest BCUT2D eigenvalue weighted by atomic mass is 79.9. The number of hydrogen-bond acceptors (Lipinski definition) is 3. The number of benzene rings is 1. The van der Waals surface area contributed by atoms with Crippen molar-refractivity contribution in [2.75, 3.05) is 6.61 Å². The molecule has 0 saturated carbocycles. The molecule has 0 spiro atoms. The summed E-state index contributed by atoms with van der Waals surface area (Å²) in [6.07, 6.45) is 1.94. The predicted octanol–water partition coefficient (Wildman–Crippen LogP) is 4.75. The molecular formula is C16H14BrNO2S. The molecule has 0 radical (unpaired) electrons. The van der Waals surface area contributed by atoms with Crippen LogP contribution in [0.5, 0.6) is 5.75 Å². The lowest BCUT2D eigenvalue weighted by atomic mass is 10.2. The van der Waals surface area contributed by atoms with E-state index < -0.39 is 0 Å². The lowest BCUT2D eigenvalue weighted by Crippen LogP contribution is -2.08. The van der Waals surface area contributed by atoms with Gasteiger partial charge in [0.1, 0.15) is 5.75 Å². The fraction of sp³-hybridized carbons (Fsp3) is 0.188. The van der Waals surface area contributed by atoms with Gasteiger partial charge in [-0.15, -0.1) is 11.3 Å². The van der Waals surface area contributed by atoms with E-state index >= 15 is 0 Å². The molecule has 21 heavy (non-hydrogen) atoms. The van der Waals surface area contributed by atoms with Gasteiger partial charge in [-0.1, -0.05) is 6.07 Å². The van der Waals surface area contributed by atoms with Crippen LogP contribution < -0.4 is 4.74 Å². The SMILES string of the molecule is CCOc1cccc2c1ccn2CC(=O)c1sccc1Br. The molecule has 0 atom stereocenters. The first-order chi connectivity index (χ1) is 10.2. The van der Waals surface area contributed by atoms with E-state index in [0.29, 0.717) is 13.2 Å². The van der Waals surface area contributed by atoms with E-state index in [-0.39, 0.29) is 5.78 Å². The van der Waals surface area contributed by atoms with Crippen molar-refractivity contribution in [2.45, 2.75) is 13.5 Å². The summed E-state index contributed by atoms with van der Waals surface area (Å²) in [5, 5.41) is 2.95. The summed E-state index contributed by atoms with van der Waals surface area (Å²) in [6, 6.07) is 9.81. The maximum Gasteiger partial charge on any atom is 0.193 e. The minimum atomic E-state index is 0.108. The van der Waals surface area contributed by atoms with Crippen molar-refractivity contribution in [3.63, 3.8) is 0 Å². The first kappa shape index (κ1) is 14.4. The van der Waals surface area contributed by atoms with Crippen LogP contribution >= 0.6 is 27.3 Å². The summed E-state index contributed by atoms with van der Waals surface area (Å²) in [5.41, 5.74) is 1.02. The van der Waals surface area contributed by atoms with Gasteiger partial charge in [-0.3, -0.25) is 4.79 Å². The average molecular weight is 364 g/mol. The maximum atomic E-state index is 12.4. The van der Waals surface area contributed by atoms with Crippen LogP contribution in [0.4, 0.5) is 0 Å². The third kappa shape index (κ3) is 2.76. The number of halogens is 1. The number of ether oxygens (including phenoxy) is 1. The van der Waals surface area contributed by atoms with Crippen LogP contribution in [0.25, 0.3) is 10.9 Å². The highest BCUT2D eigenvalue weighted by Crippen LogP contribution is 2.28. The van der Waals surface area contributed by atoms with E-state index in [1.54, 1.807) is 0 Å². The molecule has 0 saturated heterocycles. The minimum absolute atomic E-state index is 0.108. The van der Waals surface area contributed by atoms with E-state index in [2.05, 4.69) is 15.9 Å².